The van der Waals surface area contributed by atoms with Crippen molar-refractivity contribution < 1.29 is 53.1 Å². The third-order valence-corrected chi connectivity index (χ3v) is 12.6. The van der Waals surface area contributed by atoms with Crippen molar-refractivity contribution in [3.63, 3.8) is 0 Å². The Kier molecular flexibility index (Phi) is 35.3. The predicted octanol–water partition coefficient (Wildman–Crippen LogP) is -3.31. The maximum absolute atomic E-state index is 14.5. The number of guanidine groups is 1. The maximum atomic E-state index is 14.5. The van der Waals surface area contributed by atoms with Crippen LogP contribution in [0.4, 0.5) is 0 Å². The molecule has 22 N–H and O–H groups in total. The fourth-order valence-electron chi connectivity index (χ4n) is 8.00. The topological polar surface area (TPSA) is 468 Å². The molecule has 0 aromatic rings. The number of hydrogen-bond acceptors (Lipinski definition) is 15. The van der Waals surface area contributed by atoms with Gasteiger partial charge in [0.05, 0.1) is 12.6 Å². The van der Waals surface area contributed by atoms with Crippen LogP contribution in [-0.4, -0.2) is 157 Å². The number of aliphatic hydroxyl groups is 1. The lowest BCUT2D eigenvalue weighted by Gasteiger charge is -2.30. The van der Waals surface area contributed by atoms with Gasteiger partial charge in [-0.3, -0.25) is 52.9 Å². The summed E-state index contributed by atoms with van der Waals surface area (Å²) < 4.78 is 0. The first-order valence-corrected chi connectivity index (χ1v) is 27.4. The molecule has 0 spiro atoms. The Balaban J connectivity index is 6.99. The van der Waals surface area contributed by atoms with Gasteiger partial charge < -0.3 is 87.4 Å². The molecule has 0 aliphatic rings. The predicted molar refractivity (Wildman–Crippen MR) is 297 cm³/mol. The molecule has 0 saturated carbocycles. The number of amides is 10. The van der Waals surface area contributed by atoms with Gasteiger partial charge in [0.15, 0.2) is 5.96 Å². The number of rotatable bonds is 40. The highest BCUT2D eigenvalue weighted by molar-refractivity contribution is 5.98. The number of aliphatic hydroxyl groups excluding tert-OH is 1. The first-order valence-electron chi connectivity index (χ1n) is 27.4. The molecule has 0 bridgehead atoms. The van der Waals surface area contributed by atoms with Gasteiger partial charge in [0.25, 0.3) is 0 Å². The highest BCUT2D eigenvalue weighted by atomic mass is 16.3. The molecule has 0 heterocycles. The second-order valence-electron chi connectivity index (χ2n) is 21.3. The Hall–Kier alpha value is -6.19. The van der Waals surface area contributed by atoms with Gasteiger partial charge in [-0.05, 0) is 121 Å². The fraction of sp³-hybridized carbons (Fsp3) is 0.784. The summed E-state index contributed by atoms with van der Waals surface area (Å²) in [5.74, 6) is -8.60. The molecule has 0 aliphatic heterocycles. The molecule has 448 valence electrons. The summed E-state index contributed by atoms with van der Waals surface area (Å²) in [4.78, 5) is 140. The highest BCUT2D eigenvalue weighted by Gasteiger charge is 2.37. The van der Waals surface area contributed by atoms with E-state index in [1.54, 1.807) is 27.7 Å². The number of unbranched alkanes of at least 4 members (excludes halogenated alkanes) is 2. The quantitative estimate of drug-likeness (QED) is 0.0162. The van der Waals surface area contributed by atoms with Crippen molar-refractivity contribution in [2.24, 2.45) is 63.1 Å². The molecule has 0 unspecified atom stereocenters. The van der Waals surface area contributed by atoms with Crippen LogP contribution in [0.3, 0.4) is 0 Å². The molecule has 0 rings (SSSR count). The standard InChI is InChI=1S/C51H98N16O11/c1-11-30(8)40(49(77)63-34(18-13-15-21-53)45(73)67-41(32(10)68)50(78)65-37(24-28(4)5)46(74)59-31(9)42(55)70)66-44(72)35(19-16-22-58-51(56)57)61-43(71)33(17-12-14-20-52)62-48(76)38(25-29(6)7)64-47(75)36(23-27(2)3)60-39(69)26-54/h27-38,40-41,68H,11-26,52-54H2,1-10H3,(H2,55,70)(H,59,74)(H,60,69)(H,61,71)(H,62,76)(H,63,77)(H,64,75)(H,65,78)(H,66,72)(H,67,73)(H4,56,57,58)/t30-,31-,32+,33-,34-,35-,36-,37-,38-,40-,41-/m0/s1. The van der Waals surface area contributed by atoms with Crippen LogP contribution in [0, 0.1) is 23.7 Å². The molecule has 27 heteroatoms. The molecule has 0 aromatic heterocycles. The van der Waals surface area contributed by atoms with Crippen LogP contribution in [0.5, 0.6) is 0 Å². The van der Waals surface area contributed by atoms with E-state index in [4.69, 9.17) is 34.4 Å². The minimum absolute atomic E-state index is 0.0132. The molecule has 27 nitrogen and oxygen atoms in total. The minimum atomic E-state index is -1.63. The van der Waals surface area contributed by atoms with Crippen LogP contribution in [0.25, 0.3) is 0 Å². The van der Waals surface area contributed by atoms with Gasteiger partial charge in [-0.1, -0.05) is 61.8 Å². The second-order valence-corrected chi connectivity index (χ2v) is 21.3. The third-order valence-electron chi connectivity index (χ3n) is 12.6. The number of nitrogens with zero attached hydrogens (tertiary/aromatic N) is 1. The van der Waals surface area contributed by atoms with Gasteiger partial charge in [-0.15, -0.1) is 0 Å². The van der Waals surface area contributed by atoms with Gasteiger partial charge in [0.2, 0.25) is 59.1 Å². The lowest BCUT2D eigenvalue weighted by Crippen LogP contribution is -2.62. The van der Waals surface area contributed by atoms with Gasteiger partial charge in [0, 0.05) is 6.54 Å². The molecule has 78 heavy (non-hydrogen) atoms. The van der Waals surface area contributed by atoms with E-state index >= 15 is 0 Å². The summed E-state index contributed by atoms with van der Waals surface area (Å²) >= 11 is 0. The Bertz CT molecular complexity index is 1950. The number of hydrogen-bond donors (Lipinski definition) is 16. The number of nitrogens with one attached hydrogen (secondary N) is 9. The van der Waals surface area contributed by atoms with Crippen LogP contribution in [-0.2, 0) is 47.9 Å². The van der Waals surface area contributed by atoms with Crippen LogP contribution < -0.4 is 82.3 Å². The molecular weight excluding hydrogens is 1010 g/mol. The summed E-state index contributed by atoms with van der Waals surface area (Å²) in [6.45, 7) is 17.3. The smallest absolute Gasteiger partial charge is 0.245 e. The van der Waals surface area contributed by atoms with E-state index in [9.17, 15) is 53.1 Å². The Labute approximate surface area is 460 Å². The largest absolute Gasteiger partial charge is 0.391 e. The van der Waals surface area contributed by atoms with E-state index in [1.807, 2.05) is 27.7 Å². The number of carbonyl (C=O) groups is 10. The van der Waals surface area contributed by atoms with Crippen molar-refractivity contribution in [1.29, 1.82) is 0 Å². The Morgan fingerprint density at radius 3 is 1.17 bits per heavy atom. The van der Waals surface area contributed by atoms with Gasteiger partial charge in [0.1, 0.15) is 54.4 Å². The molecular formula is C51H98N16O11. The molecule has 0 aliphatic carbocycles. The zero-order valence-corrected chi connectivity index (χ0v) is 47.8. The van der Waals surface area contributed by atoms with Gasteiger partial charge in [-0.25, -0.2) is 0 Å². The van der Waals surface area contributed by atoms with E-state index in [-0.39, 0.29) is 94.8 Å². The number of nitrogens with two attached hydrogens (primary N) is 6. The minimum Gasteiger partial charge on any atom is -0.391 e. The van der Waals surface area contributed by atoms with Crippen molar-refractivity contribution >= 4 is 65.0 Å². The summed E-state index contributed by atoms with van der Waals surface area (Å²) in [6.07, 6.45) is 1.21. The lowest BCUT2D eigenvalue weighted by molar-refractivity contribution is -0.137. The first kappa shape index (κ1) is 71.8. The summed E-state index contributed by atoms with van der Waals surface area (Å²) in [7, 11) is 0. The van der Waals surface area contributed by atoms with Crippen molar-refractivity contribution in [2.45, 2.75) is 207 Å². The monoisotopic (exact) mass is 1110 g/mol. The van der Waals surface area contributed by atoms with Crippen molar-refractivity contribution in [3.8, 4) is 0 Å². The summed E-state index contributed by atoms with van der Waals surface area (Å²) in [5, 5.41) is 34.6. The normalized spacial score (nSPS) is 15.6. The van der Waals surface area contributed by atoms with Crippen LogP contribution in [0.15, 0.2) is 4.99 Å². The number of aliphatic imine (C=N–C) groups is 1. The van der Waals surface area contributed by atoms with E-state index < -0.39 is 125 Å². The number of primary amides is 1. The van der Waals surface area contributed by atoms with Crippen LogP contribution in [0.1, 0.15) is 146 Å². The maximum Gasteiger partial charge on any atom is 0.245 e. The average molecular weight is 1110 g/mol. The van der Waals surface area contributed by atoms with Gasteiger partial charge >= 0.3 is 0 Å². The molecule has 0 fully saturated rings. The Morgan fingerprint density at radius 2 is 0.782 bits per heavy atom. The highest BCUT2D eigenvalue weighted by Crippen LogP contribution is 2.15. The SMILES string of the molecule is CC[C@H](C)[C@H](NC(=O)[C@H](CCCN=C(N)N)NC(=O)[C@H](CCCCN)NC(=O)[C@H](CC(C)C)NC(=O)[C@H](CC(C)C)NC(=O)CN)C(=O)N[C@@H](CCCCN)C(=O)N[C@H](C(=O)N[C@@H](CC(C)C)C(=O)N[C@@H](C)C(N)=O)[C@@H](C)O. The van der Waals surface area contributed by atoms with E-state index in [2.05, 4.69) is 52.8 Å². The molecule has 0 radical (unpaired) electrons. The first-order chi connectivity index (χ1) is 36.5. The van der Waals surface area contributed by atoms with Crippen LogP contribution in [0.2, 0.25) is 0 Å². The molecule has 0 aromatic carbocycles. The lowest BCUT2D eigenvalue weighted by atomic mass is 9.96. The third kappa shape index (κ3) is 29.0. The molecule has 10 amide bonds. The van der Waals surface area contributed by atoms with Crippen LogP contribution >= 0.6 is 0 Å². The number of carbonyl (C=O) groups excluding carboxylic acids is 10. The van der Waals surface area contributed by atoms with E-state index in [1.165, 1.54) is 13.8 Å². The molecule has 11 atom stereocenters. The zero-order valence-electron chi connectivity index (χ0n) is 47.8. The van der Waals surface area contributed by atoms with Crippen molar-refractivity contribution in [2.75, 3.05) is 26.2 Å². The van der Waals surface area contributed by atoms with E-state index in [0.717, 1.165) is 0 Å². The van der Waals surface area contributed by atoms with Gasteiger partial charge in [-0.2, -0.15) is 0 Å². The Morgan fingerprint density at radius 1 is 0.436 bits per heavy atom. The molecule has 0 saturated heterocycles. The van der Waals surface area contributed by atoms with Crippen molar-refractivity contribution in [3.05, 3.63) is 0 Å². The fourth-order valence-corrected chi connectivity index (χ4v) is 8.00. The summed E-state index contributed by atoms with van der Waals surface area (Å²) in [6, 6.07) is -11.3. The van der Waals surface area contributed by atoms with E-state index in [0.29, 0.717) is 32.1 Å². The summed E-state index contributed by atoms with van der Waals surface area (Å²) in [5.41, 5.74) is 33.5. The average Bonchev–Trinajstić information content (AvgIpc) is 3.35. The zero-order chi connectivity index (χ0) is 59.8. The van der Waals surface area contributed by atoms with Crippen molar-refractivity contribution in [1.82, 2.24) is 47.9 Å². The second kappa shape index (κ2) is 38.4.